The molecule has 0 aliphatic carbocycles. The molecule has 2 aromatic rings. The number of carbonyl (C=O) groups excluding carboxylic acids is 1. The topological polar surface area (TPSA) is 78.9 Å². The number of alkyl halides is 3. The number of aromatic nitrogens is 3. The third-order valence-electron chi connectivity index (χ3n) is 2.30. The van der Waals surface area contributed by atoms with Crippen molar-refractivity contribution in [3.05, 3.63) is 38.0 Å². The third-order valence-corrected chi connectivity index (χ3v) is 3.37. The molecule has 20 heavy (non-hydrogen) atoms. The molecule has 2 rings (SSSR count). The fourth-order valence-corrected chi connectivity index (χ4v) is 2.68. The van der Waals surface area contributed by atoms with E-state index in [9.17, 15) is 23.1 Å². The Bertz CT molecular complexity index is 685. The van der Waals surface area contributed by atoms with E-state index in [-0.39, 0.29) is 10.0 Å². The van der Waals surface area contributed by atoms with Crippen molar-refractivity contribution in [1.82, 2.24) is 15.4 Å². The number of phenols is 1. The first-order valence-electron chi connectivity index (χ1n) is 4.92. The van der Waals surface area contributed by atoms with Gasteiger partial charge in [0.15, 0.2) is 11.4 Å². The number of nitrogens with zero attached hydrogens (tertiary/aromatic N) is 2. The van der Waals surface area contributed by atoms with E-state index in [0.717, 1.165) is 0 Å². The number of H-pyrrole nitrogens is 1. The van der Waals surface area contributed by atoms with E-state index in [4.69, 9.17) is 0 Å². The summed E-state index contributed by atoms with van der Waals surface area (Å²) in [6, 6.07) is 2.64. The molecule has 5 nitrogen and oxygen atoms in total. The second-order valence-corrected chi connectivity index (χ2v) is 5.40. The summed E-state index contributed by atoms with van der Waals surface area (Å²) in [4.78, 5) is 12.1. The van der Waals surface area contributed by atoms with Crippen LogP contribution in [0, 0.1) is 0 Å². The largest absolute Gasteiger partial charge is 0.506 e. The van der Waals surface area contributed by atoms with Gasteiger partial charge in [0.05, 0.1) is 10.0 Å². The van der Waals surface area contributed by atoms with Gasteiger partial charge < -0.3 is 5.11 Å². The minimum atomic E-state index is -4.82. The van der Waals surface area contributed by atoms with Crippen LogP contribution in [0.5, 0.6) is 5.75 Å². The second kappa shape index (κ2) is 5.17. The average molecular weight is 415 g/mol. The van der Waals surface area contributed by atoms with Gasteiger partial charge in [0.2, 0.25) is 5.78 Å². The maximum absolute atomic E-state index is 12.7. The molecule has 0 spiro atoms. The van der Waals surface area contributed by atoms with Gasteiger partial charge in [-0.05, 0) is 28.1 Å². The van der Waals surface area contributed by atoms with Gasteiger partial charge in [-0.3, -0.25) is 4.79 Å². The molecule has 2 N–H and O–H groups in total. The highest BCUT2D eigenvalue weighted by Gasteiger charge is 2.40. The SMILES string of the molecule is O=C(c1cc(Br)cc(Br)c1O)c1n[nH]nc1C(F)(F)F. The van der Waals surface area contributed by atoms with Crippen molar-refractivity contribution in [2.75, 3.05) is 0 Å². The molecule has 1 aromatic carbocycles. The van der Waals surface area contributed by atoms with Crippen LogP contribution in [0.1, 0.15) is 21.7 Å². The summed E-state index contributed by atoms with van der Waals surface area (Å²) < 4.78 is 38.5. The lowest BCUT2D eigenvalue weighted by molar-refractivity contribution is -0.141. The molecule has 0 aliphatic rings. The number of hydrogen-bond donors (Lipinski definition) is 2. The van der Waals surface area contributed by atoms with Gasteiger partial charge in [0.1, 0.15) is 5.75 Å². The van der Waals surface area contributed by atoms with Crippen LogP contribution in [0.3, 0.4) is 0 Å². The number of aromatic hydroxyl groups is 1. The molecule has 1 aromatic heterocycles. The van der Waals surface area contributed by atoms with Crippen molar-refractivity contribution >= 4 is 37.6 Å². The van der Waals surface area contributed by atoms with Gasteiger partial charge in [-0.15, -0.1) is 0 Å². The quantitative estimate of drug-likeness (QED) is 0.739. The molecule has 0 radical (unpaired) electrons. The summed E-state index contributed by atoms with van der Waals surface area (Å²) in [5.74, 6) is -1.57. The first kappa shape index (κ1) is 15.0. The first-order chi connectivity index (χ1) is 9.21. The Morgan fingerprint density at radius 3 is 2.50 bits per heavy atom. The van der Waals surface area contributed by atoms with Gasteiger partial charge in [-0.2, -0.15) is 28.6 Å². The molecule has 0 saturated heterocycles. The van der Waals surface area contributed by atoms with Crippen LogP contribution < -0.4 is 0 Å². The van der Waals surface area contributed by atoms with Gasteiger partial charge in [0.25, 0.3) is 0 Å². The lowest BCUT2D eigenvalue weighted by Gasteiger charge is -2.07. The Labute approximate surface area is 126 Å². The molecule has 0 saturated carbocycles. The predicted octanol–water partition coefficient (Wildman–Crippen LogP) is 3.29. The van der Waals surface area contributed by atoms with Crippen LogP contribution in [0.15, 0.2) is 21.1 Å². The van der Waals surface area contributed by atoms with Gasteiger partial charge in [-0.1, -0.05) is 15.9 Å². The van der Waals surface area contributed by atoms with Crippen LogP contribution in [0.25, 0.3) is 0 Å². The van der Waals surface area contributed by atoms with Crippen molar-refractivity contribution in [3.8, 4) is 5.75 Å². The average Bonchev–Trinajstić information content (AvgIpc) is 2.81. The Kier molecular flexibility index (Phi) is 3.87. The summed E-state index contributed by atoms with van der Waals surface area (Å²) in [6.45, 7) is 0. The van der Waals surface area contributed by atoms with E-state index in [2.05, 4.69) is 42.1 Å². The first-order valence-corrected chi connectivity index (χ1v) is 6.51. The van der Waals surface area contributed by atoms with Crippen LogP contribution in [0.2, 0.25) is 0 Å². The Morgan fingerprint density at radius 2 is 1.90 bits per heavy atom. The molecule has 0 atom stereocenters. The molecule has 0 bridgehead atoms. The van der Waals surface area contributed by atoms with E-state index < -0.39 is 29.1 Å². The van der Waals surface area contributed by atoms with Crippen molar-refractivity contribution in [1.29, 1.82) is 0 Å². The maximum Gasteiger partial charge on any atom is 0.437 e. The molecule has 0 fully saturated rings. The van der Waals surface area contributed by atoms with E-state index in [1.54, 1.807) is 5.21 Å². The number of hydrogen-bond acceptors (Lipinski definition) is 4. The molecular weight excluding hydrogens is 411 g/mol. The third kappa shape index (κ3) is 2.70. The van der Waals surface area contributed by atoms with Gasteiger partial charge in [-0.25, -0.2) is 0 Å². The number of nitrogens with one attached hydrogen (secondary N) is 1. The highest BCUT2D eigenvalue weighted by molar-refractivity contribution is 9.11. The van der Waals surface area contributed by atoms with Gasteiger partial charge in [0, 0.05) is 4.47 Å². The molecule has 0 unspecified atom stereocenters. The summed E-state index contributed by atoms with van der Waals surface area (Å²) >= 11 is 6.07. The lowest BCUT2D eigenvalue weighted by Crippen LogP contribution is -2.14. The number of benzene rings is 1. The predicted molar refractivity (Wildman–Crippen MR) is 68.3 cm³/mol. The fourth-order valence-electron chi connectivity index (χ4n) is 1.45. The minimum absolute atomic E-state index is 0.160. The monoisotopic (exact) mass is 413 g/mol. The van der Waals surface area contributed by atoms with E-state index >= 15 is 0 Å². The van der Waals surface area contributed by atoms with E-state index in [1.807, 2.05) is 0 Å². The van der Waals surface area contributed by atoms with Crippen molar-refractivity contribution < 1.29 is 23.1 Å². The molecule has 10 heteroatoms. The van der Waals surface area contributed by atoms with E-state index in [0.29, 0.717) is 4.47 Å². The number of phenolic OH excluding ortho intramolecular Hbond substituents is 1. The standard InChI is InChI=1S/C10H4Br2F3N3O2/c11-3-1-4(7(19)5(12)2-3)8(20)6-9(10(13,14)15)17-18-16-6/h1-2,19H,(H,16,17,18). The lowest BCUT2D eigenvalue weighted by atomic mass is 10.1. The van der Waals surface area contributed by atoms with Crippen LogP contribution in [0.4, 0.5) is 13.2 Å². The van der Waals surface area contributed by atoms with Crippen molar-refractivity contribution in [3.63, 3.8) is 0 Å². The molecule has 1 heterocycles. The molecule has 0 aliphatic heterocycles. The van der Waals surface area contributed by atoms with Crippen molar-refractivity contribution in [2.45, 2.75) is 6.18 Å². The number of rotatable bonds is 2. The molecular formula is C10H4Br2F3N3O2. The Morgan fingerprint density at radius 1 is 1.25 bits per heavy atom. The molecule has 106 valence electrons. The zero-order valence-electron chi connectivity index (χ0n) is 9.29. The zero-order valence-corrected chi connectivity index (χ0v) is 12.5. The fraction of sp³-hybridized carbons (Fsp3) is 0.100. The Balaban J connectivity index is 2.56. The Hall–Kier alpha value is -1.42. The van der Waals surface area contributed by atoms with E-state index in [1.165, 1.54) is 12.1 Å². The number of aromatic amines is 1. The maximum atomic E-state index is 12.7. The molecule has 0 amide bonds. The zero-order chi connectivity index (χ0) is 15.1. The summed E-state index contributed by atoms with van der Waals surface area (Å²) in [5.41, 5.74) is -2.67. The number of halogens is 5. The van der Waals surface area contributed by atoms with Crippen LogP contribution in [-0.2, 0) is 6.18 Å². The van der Waals surface area contributed by atoms with Gasteiger partial charge >= 0.3 is 6.18 Å². The summed E-state index contributed by atoms with van der Waals surface area (Å²) in [6.07, 6.45) is -4.82. The number of carbonyl (C=O) groups is 1. The summed E-state index contributed by atoms with van der Waals surface area (Å²) in [5, 5.41) is 17.6. The summed E-state index contributed by atoms with van der Waals surface area (Å²) in [7, 11) is 0. The van der Waals surface area contributed by atoms with Crippen LogP contribution in [-0.4, -0.2) is 26.3 Å². The smallest absolute Gasteiger partial charge is 0.437 e. The highest BCUT2D eigenvalue weighted by atomic mass is 79.9. The van der Waals surface area contributed by atoms with Crippen molar-refractivity contribution in [2.24, 2.45) is 0 Å². The number of ketones is 1. The normalized spacial score (nSPS) is 11.7. The van der Waals surface area contributed by atoms with Crippen LogP contribution >= 0.6 is 31.9 Å². The highest BCUT2D eigenvalue weighted by Crippen LogP contribution is 2.35. The minimum Gasteiger partial charge on any atom is -0.506 e. The second-order valence-electron chi connectivity index (χ2n) is 3.63.